The van der Waals surface area contributed by atoms with E-state index in [2.05, 4.69) is 35.5 Å². The molecule has 2 N–H and O–H groups in total. The third kappa shape index (κ3) is 5.85. The summed E-state index contributed by atoms with van der Waals surface area (Å²) in [6.07, 6.45) is 0.832. The highest BCUT2D eigenvalue weighted by Crippen LogP contribution is 2.39. The number of esters is 1. The zero-order valence-corrected chi connectivity index (χ0v) is 19.5. The summed E-state index contributed by atoms with van der Waals surface area (Å²) >= 11 is 0. The lowest BCUT2D eigenvalue weighted by molar-refractivity contribution is 0.0600. The van der Waals surface area contributed by atoms with Gasteiger partial charge in [-0.25, -0.2) is 4.79 Å². The van der Waals surface area contributed by atoms with E-state index in [1.807, 2.05) is 30.3 Å². The van der Waals surface area contributed by atoms with Crippen LogP contribution in [0.25, 0.3) is 0 Å². The Labute approximate surface area is 189 Å². The number of guanidine groups is 1. The Hall–Kier alpha value is -2.29. The molecule has 156 valence electrons. The average Bonchev–Trinajstić information content (AvgIpc) is 2.70. The summed E-state index contributed by atoms with van der Waals surface area (Å²) in [6, 6.07) is 15.5. The smallest absolute Gasteiger partial charge is 0.337 e. The van der Waals surface area contributed by atoms with Gasteiger partial charge in [-0.15, -0.1) is 24.0 Å². The standard InChI is InChI=1S/C22H27N3O3.HI/c1-22(2)13-18(17-7-5-6-8-19(17)28-22)25-21(23-3)24-14-15-9-11-16(12-10-15)20(26)27-4;/h5-12,18H,13-14H2,1-4H3,(H2,23,24,25);1H. The first kappa shape index (κ1) is 23.0. The van der Waals surface area contributed by atoms with Crippen molar-refractivity contribution < 1.29 is 14.3 Å². The van der Waals surface area contributed by atoms with E-state index in [0.717, 1.165) is 29.3 Å². The summed E-state index contributed by atoms with van der Waals surface area (Å²) < 4.78 is 10.8. The number of methoxy groups -OCH3 is 1. The first-order valence-corrected chi connectivity index (χ1v) is 9.34. The van der Waals surface area contributed by atoms with Crippen LogP contribution in [0.2, 0.25) is 0 Å². The molecule has 1 aliphatic heterocycles. The number of rotatable bonds is 4. The molecule has 3 rings (SSSR count). The number of para-hydroxylation sites is 1. The molecule has 0 bridgehead atoms. The van der Waals surface area contributed by atoms with Crippen LogP contribution in [-0.2, 0) is 11.3 Å². The maximum atomic E-state index is 11.5. The Bertz CT molecular complexity index is 866. The van der Waals surface area contributed by atoms with Gasteiger partial charge in [-0.2, -0.15) is 0 Å². The van der Waals surface area contributed by atoms with Gasteiger partial charge < -0.3 is 20.1 Å². The third-order valence-corrected chi connectivity index (χ3v) is 4.75. The molecule has 2 aromatic rings. The first-order chi connectivity index (χ1) is 13.4. The Kier molecular flexibility index (Phi) is 7.89. The van der Waals surface area contributed by atoms with Gasteiger partial charge in [-0.05, 0) is 37.6 Å². The number of hydrogen-bond acceptors (Lipinski definition) is 4. The second kappa shape index (κ2) is 9.96. The van der Waals surface area contributed by atoms with Crippen molar-refractivity contribution in [2.45, 2.75) is 38.5 Å². The minimum atomic E-state index is -0.335. The molecule has 1 unspecified atom stereocenters. The Morgan fingerprint density at radius 1 is 1.21 bits per heavy atom. The normalized spacial score (nSPS) is 17.2. The van der Waals surface area contributed by atoms with Gasteiger partial charge in [-0.3, -0.25) is 4.99 Å². The van der Waals surface area contributed by atoms with Crippen molar-refractivity contribution in [2.75, 3.05) is 14.2 Å². The van der Waals surface area contributed by atoms with E-state index in [-0.39, 0.29) is 41.6 Å². The van der Waals surface area contributed by atoms with Crippen molar-refractivity contribution in [3.63, 3.8) is 0 Å². The number of carbonyl (C=O) groups excluding carboxylic acids is 1. The van der Waals surface area contributed by atoms with Crippen LogP contribution in [0.3, 0.4) is 0 Å². The number of hydrogen-bond donors (Lipinski definition) is 2. The van der Waals surface area contributed by atoms with Crippen LogP contribution >= 0.6 is 24.0 Å². The molecular weight excluding hydrogens is 481 g/mol. The minimum Gasteiger partial charge on any atom is -0.487 e. The molecule has 2 aromatic carbocycles. The van der Waals surface area contributed by atoms with Gasteiger partial charge in [0.15, 0.2) is 5.96 Å². The molecule has 0 aromatic heterocycles. The fraction of sp³-hybridized carbons (Fsp3) is 0.364. The quantitative estimate of drug-likeness (QED) is 0.282. The minimum absolute atomic E-state index is 0. The maximum absolute atomic E-state index is 11.5. The summed E-state index contributed by atoms with van der Waals surface area (Å²) in [4.78, 5) is 15.9. The Balaban J connectivity index is 0.00000300. The van der Waals surface area contributed by atoms with Gasteiger partial charge in [0.25, 0.3) is 0 Å². The Morgan fingerprint density at radius 2 is 1.90 bits per heavy atom. The molecule has 1 heterocycles. The second-order valence-corrected chi connectivity index (χ2v) is 7.41. The fourth-order valence-corrected chi connectivity index (χ4v) is 3.35. The van der Waals surface area contributed by atoms with Crippen molar-refractivity contribution in [2.24, 2.45) is 4.99 Å². The Morgan fingerprint density at radius 3 is 2.55 bits per heavy atom. The van der Waals surface area contributed by atoms with Crippen molar-refractivity contribution in [3.8, 4) is 5.75 Å². The molecule has 0 radical (unpaired) electrons. The molecule has 0 saturated carbocycles. The highest BCUT2D eigenvalue weighted by molar-refractivity contribution is 14.0. The van der Waals surface area contributed by atoms with Gasteiger partial charge in [0.1, 0.15) is 11.4 Å². The number of nitrogens with one attached hydrogen (secondary N) is 2. The lowest BCUT2D eigenvalue weighted by atomic mass is 9.90. The van der Waals surface area contributed by atoms with Crippen molar-refractivity contribution in [3.05, 3.63) is 65.2 Å². The van der Waals surface area contributed by atoms with E-state index < -0.39 is 0 Å². The van der Waals surface area contributed by atoms with Crippen LogP contribution in [0.4, 0.5) is 0 Å². The van der Waals surface area contributed by atoms with Crippen LogP contribution in [0.5, 0.6) is 5.75 Å². The maximum Gasteiger partial charge on any atom is 0.337 e. The number of aliphatic imine (C=N–C) groups is 1. The molecule has 6 nitrogen and oxygen atoms in total. The number of halogens is 1. The van der Waals surface area contributed by atoms with Gasteiger partial charge >= 0.3 is 5.97 Å². The molecule has 0 fully saturated rings. The molecule has 7 heteroatoms. The zero-order chi connectivity index (χ0) is 20.1. The van der Waals surface area contributed by atoms with Crippen molar-refractivity contribution in [1.82, 2.24) is 10.6 Å². The molecule has 0 amide bonds. The third-order valence-electron chi connectivity index (χ3n) is 4.75. The molecule has 29 heavy (non-hydrogen) atoms. The van der Waals surface area contributed by atoms with Crippen molar-refractivity contribution >= 4 is 35.9 Å². The van der Waals surface area contributed by atoms with E-state index in [4.69, 9.17) is 9.47 Å². The van der Waals surface area contributed by atoms with E-state index >= 15 is 0 Å². The number of benzene rings is 2. The molecule has 0 aliphatic carbocycles. The SMILES string of the molecule is CN=C(NCc1ccc(C(=O)OC)cc1)NC1CC(C)(C)Oc2ccccc21.I. The fourth-order valence-electron chi connectivity index (χ4n) is 3.35. The molecule has 0 spiro atoms. The van der Waals surface area contributed by atoms with Crippen LogP contribution in [0.15, 0.2) is 53.5 Å². The summed E-state index contributed by atoms with van der Waals surface area (Å²) in [5.41, 5.74) is 2.46. The number of carbonyl (C=O) groups is 1. The lowest BCUT2D eigenvalue weighted by Gasteiger charge is -2.38. The average molecular weight is 509 g/mol. The second-order valence-electron chi connectivity index (χ2n) is 7.41. The highest BCUT2D eigenvalue weighted by Gasteiger charge is 2.33. The van der Waals surface area contributed by atoms with Gasteiger partial charge in [0.05, 0.1) is 18.7 Å². The summed E-state index contributed by atoms with van der Waals surface area (Å²) in [5, 5.41) is 6.85. The monoisotopic (exact) mass is 509 g/mol. The van der Waals surface area contributed by atoms with Crippen LogP contribution < -0.4 is 15.4 Å². The number of fused-ring (bicyclic) bond motifs is 1. The zero-order valence-electron chi connectivity index (χ0n) is 17.2. The van der Waals surface area contributed by atoms with E-state index in [1.54, 1.807) is 19.2 Å². The van der Waals surface area contributed by atoms with E-state index in [1.165, 1.54) is 7.11 Å². The predicted octanol–water partition coefficient (Wildman–Crippen LogP) is 4.06. The van der Waals surface area contributed by atoms with Crippen LogP contribution in [0.1, 0.15) is 47.8 Å². The predicted molar refractivity (Wildman–Crippen MR) is 125 cm³/mol. The molecule has 1 atom stereocenters. The van der Waals surface area contributed by atoms with E-state index in [9.17, 15) is 4.79 Å². The highest BCUT2D eigenvalue weighted by atomic mass is 127. The van der Waals surface area contributed by atoms with Crippen molar-refractivity contribution in [1.29, 1.82) is 0 Å². The molecule has 0 saturated heterocycles. The molecular formula is C22H28IN3O3. The summed E-state index contributed by atoms with van der Waals surface area (Å²) in [7, 11) is 3.13. The molecule has 1 aliphatic rings. The summed E-state index contributed by atoms with van der Waals surface area (Å²) in [6.45, 7) is 4.78. The van der Waals surface area contributed by atoms with Gasteiger partial charge in [-0.1, -0.05) is 30.3 Å². The lowest BCUT2D eigenvalue weighted by Crippen LogP contribution is -2.45. The number of ether oxygens (including phenoxy) is 2. The van der Waals surface area contributed by atoms with Crippen LogP contribution in [0, 0.1) is 0 Å². The largest absolute Gasteiger partial charge is 0.487 e. The summed E-state index contributed by atoms with van der Waals surface area (Å²) in [5.74, 6) is 1.29. The van der Waals surface area contributed by atoms with Crippen LogP contribution in [-0.4, -0.2) is 31.7 Å². The first-order valence-electron chi connectivity index (χ1n) is 9.34. The topological polar surface area (TPSA) is 72.0 Å². The van der Waals surface area contributed by atoms with Gasteiger partial charge in [0, 0.05) is 25.6 Å². The van der Waals surface area contributed by atoms with Gasteiger partial charge in [0.2, 0.25) is 0 Å². The van der Waals surface area contributed by atoms with E-state index in [0.29, 0.717) is 12.1 Å². The number of nitrogens with zero attached hydrogens (tertiary/aromatic N) is 1.